The Morgan fingerprint density at radius 2 is 1.81 bits per heavy atom. The van der Waals surface area contributed by atoms with Gasteiger partial charge in [-0.2, -0.15) is 0 Å². The Bertz CT molecular complexity index is 774. The molecule has 2 aromatic carbocycles. The Kier molecular flexibility index (Phi) is 5.94. The van der Waals surface area contributed by atoms with Crippen molar-refractivity contribution < 1.29 is 18.7 Å². The van der Waals surface area contributed by atoms with Crippen LogP contribution in [-0.4, -0.2) is 35.3 Å². The van der Waals surface area contributed by atoms with E-state index >= 15 is 0 Å². The van der Waals surface area contributed by atoms with Crippen molar-refractivity contribution in [3.05, 3.63) is 65.2 Å². The third kappa shape index (κ3) is 4.07. The molecule has 1 atom stereocenters. The van der Waals surface area contributed by atoms with E-state index < -0.39 is 17.6 Å². The van der Waals surface area contributed by atoms with Gasteiger partial charge in [-0.25, -0.2) is 8.78 Å². The fourth-order valence-corrected chi connectivity index (χ4v) is 3.91. The van der Waals surface area contributed by atoms with E-state index in [1.807, 2.05) is 30.5 Å². The van der Waals surface area contributed by atoms with Gasteiger partial charge in [0, 0.05) is 16.5 Å². The Hall–Kier alpha value is -1.92. The molecular weight excluding hydrogens is 356 g/mol. The van der Waals surface area contributed by atoms with Gasteiger partial charge in [0.15, 0.2) is 0 Å². The lowest BCUT2D eigenvalue weighted by molar-refractivity contribution is -0.143. The summed E-state index contributed by atoms with van der Waals surface area (Å²) in [5.74, 6) is -2.32. The molecule has 1 unspecified atom stereocenters. The standard InChI is InChI=1S/C20H21F2NO2S/c1-26-16-5-2-13(3-6-16)19(17-7-4-15(21)12-18(17)22)23-10-8-14(9-11-23)20(24)25/h2-7,12,14,19H,8-11H2,1H3,(H,24,25). The molecule has 0 bridgehead atoms. The lowest BCUT2D eigenvalue weighted by atomic mass is 9.91. The van der Waals surface area contributed by atoms with Crippen LogP contribution in [0.5, 0.6) is 0 Å². The van der Waals surface area contributed by atoms with E-state index in [1.165, 1.54) is 12.1 Å². The normalized spacial score (nSPS) is 17.2. The number of rotatable bonds is 5. The van der Waals surface area contributed by atoms with Gasteiger partial charge in [-0.1, -0.05) is 18.2 Å². The zero-order chi connectivity index (χ0) is 18.7. The molecule has 3 rings (SSSR count). The molecule has 0 amide bonds. The molecule has 0 aliphatic carbocycles. The highest BCUT2D eigenvalue weighted by atomic mass is 32.2. The maximum atomic E-state index is 14.5. The molecule has 1 aliphatic heterocycles. The Morgan fingerprint density at radius 1 is 1.15 bits per heavy atom. The topological polar surface area (TPSA) is 40.5 Å². The van der Waals surface area contributed by atoms with E-state index in [2.05, 4.69) is 4.90 Å². The molecule has 1 saturated heterocycles. The number of carboxylic acids is 1. The highest BCUT2D eigenvalue weighted by Gasteiger charge is 2.31. The number of nitrogens with zero attached hydrogens (tertiary/aromatic N) is 1. The first-order valence-electron chi connectivity index (χ1n) is 8.55. The summed E-state index contributed by atoms with van der Waals surface area (Å²) in [5.41, 5.74) is 1.33. The van der Waals surface area contributed by atoms with Crippen LogP contribution in [-0.2, 0) is 4.79 Å². The van der Waals surface area contributed by atoms with Crippen molar-refractivity contribution in [2.24, 2.45) is 5.92 Å². The Balaban J connectivity index is 1.95. The van der Waals surface area contributed by atoms with Crippen LogP contribution in [0.1, 0.15) is 30.0 Å². The molecule has 0 radical (unpaired) electrons. The summed E-state index contributed by atoms with van der Waals surface area (Å²) in [5, 5.41) is 9.21. The van der Waals surface area contributed by atoms with E-state index in [1.54, 1.807) is 11.8 Å². The van der Waals surface area contributed by atoms with Gasteiger partial charge in [0.25, 0.3) is 0 Å². The van der Waals surface area contributed by atoms with E-state index in [0.29, 0.717) is 31.5 Å². The van der Waals surface area contributed by atoms with Crippen molar-refractivity contribution in [3.8, 4) is 0 Å². The van der Waals surface area contributed by atoms with Crippen LogP contribution in [0.2, 0.25) is 0 Å². The number of likely N-dealkylation sites (tertiary alicyclic amines) is 1. The Labute approximate surface area is 156 Å². The van der Waals surface area contributed by atoms with Crippen molar-refractivity contribution in [2.45, 2.75) is 23.8 Å². The summed E-state index contributed by atoms with van der Waals surface area (Å²) in [6, 6.07) is 11.2. The summed E-state index contributed by atoms with van der Waals surface area (Å²) < 4.78 is 27.9. The first-order valence-corrected chi connectivity index (χ1v) is 9.78. The number of carboxylic acid groups (broad SMARTS) is 1. The monoisotopic (exact) mass is 377 g/mol. The smallest absolute Gasteiger partial charge is 0.306 e. The number of thioether (sulfide) groups is 1. The molecule has 138 valence electrons. The molecule has 26 heavy (non-hydrogen) atoms. The highest BCUT2D eigenvalue weighted by molar-refractivity contribution is 7.98. The second-order valence-electron chi connectivity index (χ2n) is 6.49. The molecule has 2 aromatic rings. The number of halogens is 2. The minimum atomic E-state index is -0.779. The van der Waals surface area contributed by atoms with Crippen LogP contribution in [0.25, 0.3) is 0 Å². The molecule has 1 aliphatic rings. The predicted molar refractivity (Wildman–Crippen MR) is 98.4 cm³/mol. The molecule has 0 spiro atoms. The minimum absolute atomic E-state index is 0.358. The van der Waals surface area contributed by atoms with Gasteiger partial charge in [-0.15, -0.1) is 11.8 Å². The summed E-state index contributed by atoms with van der Waals surface area (Å²) in [4.78, 5) is 14.4. The third-order valence-corrected chi connectivity index (χ3v) is 5.68. The van der Waals surface area contributed by atoms with Crippen LogP contribution < -0.4 is 0 Å². The zero-order valence-electron chi connectivity index (χ0n) is 14.5. The number of carbonyl (C=O) groups is 1. The number of benzene rings is 2. The number of hydrogen-bond donors (Lipinski definition) is 1. The fourth-order valence-electron chi connectivity index (χ4n) is 3.50. The summed E-state index contributed by atoms with van der Waals surface area (Å²) in [7, 11) is 0. The molecule has 1 N–H and O–H groups in total. The average Bonchev–Trinajstić information content (AvgIpc) is 2.64. The predicted octanol–water partition coefficient (Wildman–Crippen LogP) is 4.57. The van der Waals surface area contributed by atoms with Gasteiger partial charge in [0.2, 0.25) is 0 Å². The summed E-state index contributed by atoms with van der Waals surface area (Å²) >= 11 is 1.63. The lowest BCUT2D eigenvalue weighted by Crippen LogP contribution is -2.39. The summed E-state index contributed by atoms with van der Waals surface area (Å²) in [6.07, 6.45) is 3.04. The molecule has 0 aromatic heterocycles. The van der Waals surface area contributed by atoms with Crippen LogP contribution in [0.4, 0.5) is 8.78 Å². The second kappa shape index (κ2) is 8.18. The van der Waals surface area contributed by atoms with E-state index in [9.17, 15) is 18.7 Å². The SMILES string of the molecule is CSc1ccc(C(c2ccc(F)cc2F)N2CCC(C(=O)O)CC2)cc1. The van der Waals surface area contributed by atoms with Gasteiger partial charge >= 0.3 is 5.97 Å². The van der Waals surface area contributed by atoms with Crippen molar-refractivity contribution in [3.63, 3.8) is 0 Å². The molecule has 3 nitrogen and oxygen atoms in total. The molecule has 1 fully saturated rings. The first kappa shape index (κ1) is 18.9. The fraction of sp³-hybridized carbons (Fsp3) is 0.350. The largest absolute Gasteiger partial charge is 0.481 e. The second-order valence-corrected chi connectivity index (χ2v) is 7.37. The van der Waals surface area contributed by atoms with Crippen LogP contribution in [0.3, 0.4) is 0 Å². The van der Waals surface area contributed by atoms with Gasteiger partial charge in [0.05, 0.1) is 12.0 Å². The number of aliphatic carboxylic acids is 1. The summed E-state index contributed by atoms with van der Waals surface area (Å²) in [6.45, 7) is 1.12. The van der Waals surface area contributed by atoms with Crippen LogP contribution in [0, 0.1) is 17.6 Å². The highest BCUT2D eigenvalue weighted by Crippen LogP contribution is 2.34. The Morgan fingerprint density at radius 3 is 2.35 bits per heavy atom. The van der Waals surface area contributed by atoms with Crippen LogP contribution in [0.15, 0.2) is 47.4 Å². The van der Waals surface area contributed by atoms with Crippen LogP contribution >= 0.6 is 11.8 Å². The van der Waals surface area contributed by atoms with Gasteiger partial charge in [-0.3, -0.25) is 9.69 Å². The zero-order valence-corrected chi connectivity index (χ0v) is 15.3. The van der Waals surface area contributed by atoms with Gasteiger partial charge in [-0.05, 0) is 55.9 Å². The number of piperidine rings is 1. The average molecular weight is 377 g/mol. The maximum absolute atomic E-state index is 14.5. The van der Waals surface area contributed by atoms with Crippen molar-refractivity contribution in [1.82, 2.24) is 4.90 Å². The molecule has 6 heteroatoms. The van der Waals surface area contributed by atoms with E-state index in [-0.39, 0.29) is 12.0 Å². The van der Waals surface area contributed by atoms with E-state index in [4.69, 9.17) is 0 Å². The quantitative estimate of drug-likeness (QED) is 0.775. The van der Waals surface area contributed by atoms with Gasteiger partial charge < -0.3 is 5.11 Å². The van der Waals surface area contributed by atoms with Crippen molar-refractivity contribution in [1.29, 1.82) is 0 Å². The lowest BCUT2D eigenvalue weighted by Gasteiger charge is -2.37. The number of hydrogen-bond acceptors (Lipinski definition) is 3. The molecule has 0 saturated carbocycles. The third-order valence-electron chi connectivity index (χ3n) is 4.93. The first-order chi connectivity index (χ1) is 12.5. The van der Waals surface area contributed by atoms with E-state index in [0.717, 1.165) is 16.5 Å². The maximum Gasteiger partial charge on any atom is 0.306 e. The van der Waals surface area contributed by atoms with Crippen molar-refractivity contribution >= 4 is 17.7 Å². The molecule has 1 heterocycles. The molecular formula is C20H21F2NO2S. The van der Waals surface area contributed by atoms with Crippen molar-refractivity contribution in [2.75, 3.05) is 19.3 Å². The minimum Gasteiger partial charge on any atom is -0.481 e. The van der Waals surface area contributed by atoms with Gasteiger partial charge in [0.1, 0.15) is 11.6 Å².